The van der Waals surface area contributed by atoms with Gasteiger partial charge < -0.3 is 9.84 Å². The first-order chi connectivity index (χ1) is 8.49. The Balaban J connectivity index is 3.11. The predicted molar refractivity (Wildman–Crippen MR) is 72.4 cm³/mol. The molecule has 0 amide bonds. The van der Waals surface area contributed by atoms with Crippen LogP contribution in [-0.2, 0) is 4.79 Å². The molecule has 0 aliphatic heterocycles. The number of hydrogen-bond acceptors (Lipinski definition) is 2. The molecular weight excluding hydrogens is 228 g/mol. The SMILES string of the molecule is CCOc1cc(C)c(C(CC)CC(=O)O)c(C)c1. The summed E-state index contributed by atoms with van der Waals surface area (Å²) in [4.78, 5) is 10.9. The van der Waals surface area contributed by atoms with E-state index < -0.39 is 5.97 Å². The van der Waals surface area contributed by atoms with E-state index in [9.17, 15) is 4.79 Å². The molecule has 1 unspecified atom stereocenters. The van der Waals surface area contributed by atoms with Gasteiger partial charge in [-0.05, 0) is 61.9 Å². The third-order valence-electron chi connectivity index (χ3n) is 3.20. The summed E-state index contributed by atoms with van der Waals surface area (Å²) in [5.41, 5.74) is 3.39. The molecule has 3 heteroatoms. The Labute approximate surface area is 109 Å². The van der Waals surface area contributed by atoms with E-state index in [0.29, 0.717) is 6.61 Å². The number of carbonyl (C=O) groups is 1. The largest absolute Gasteiger partial charge is 0.494 e. The number of aryl methyl sites for hydroxylation is 2. The first kappa shape index (κ1) is 14.6. The molecule has 0 saturated heterocycles. The fourth-order valence-corrected chi connectivity index (χ4v) is 2.49. The number of aliphatic carboxylic acids is 1. The Morgan fingerprint density at radius 3 is 2.22 bits per heavy atom. The van der Waals surface area contributed by atoms with Crippen LogP contribution in [0, 0.1) is 13.8 Å². The molecule has 3 nitrogen and oxygen atoms in total. The summed E-state index contributed by atoms with van der Waals surface area (Å²) in [5.74, 6) is 0.203. The van der Waals surface area contributed by atoms with Crippen molar-refractivity contribution in [2.24, 2.45) is 0 Å². The van der Waals surface area contributed by atoms with Crippen LogP contribution in [0.25, 0.3) is 0 Å². The van der Waals surface area contributed by atoms with Crippen molar-refractivity contribution in [2.75, 3.05) is 6.61 Å². The van der Waals surface area contributed by atoms with Crippen LogP contribution in [0.2, 0.25) is 0 Å². The lowest BCUT2D eigenvalue weighted by atomic mass is 9.86. The summed E-state index contributed by atoms with van der Waals surface area (Å²) in [6.45, 7) is 8.68. The maximum Gasteiger partial charge on any atom is 0.303 e. The highest BCUT2D eigenvalue weighted by Crippen LogP contribution is 2.32. The Morgan fingerprint density at radius 2 is 1.83 bits per heavy atom. The molecule has 18 heavy (non-hydrogen) atoms. The van der Waals surface area contributed by atoms with Crippen LogP contribution in [0.5, 0.6) is 5.75 Å². The van der Waals surface area contributed by atoms with Crippen LogP contribution < -0.4 is 4.74 Å². The van der Waals surface area contributed by atoms with Crippen molar-refractivity contribution in [3.05, 3.63) is 28.8 Å². The molecule has 1 atom stereocenters. The van der Waals surface area contributed by atoms with Gasteiger partial charge in [0.15, 0.2) is 0 Å². The van der Waals surface area contributed by atoms with Crippen molar-refractivity contribution in [1.29, 1.82) is 0 Å². The smallest absolute Gasteiger partial charge is 0.303 e. The van der Waals surface area contributed by atoms with Crippen LogP contribution in [0.15, 0.2) is 12.1 Å². The second-order valence-electron chi connectivity index (χ2n) is 4.61. The van der Waals surface area contributed by atoms with Gasteiger partial charge in [0.2, 0.25) is 0 Å². The lowest BCUT2D eigenvalue weighted by Gasteiger charge is -2.20. The number of carboxylic acid groups (broad SMARTS) is 1. The van der Waals surface area contributed by atoms with Crippen molar-refractivity contribution < 1.29 is 14.6 Å². The molecule has 0 aliphatic rings. The Kier molecular flexibility index (Phi) is 5.20. The van der Waals surface area contributed by atoms with Gasteiger partial charge in [-0.15, -0.1) is 0 Å². The van der Waals surface area contributed by atoms with E-state index in [1.165, 1.54) is 0 Å². The Hall–Kier alpha value is -1.51. The zero-order chi connectivity index (χ0) is 13.7. The van der Waals surface area contributed by atoms with Crippen molar-refractivity contribution in [1.82, 2.24) is 0 Å². The molecule has 0 radical (unpaired) electrons. The van der Waals surface area contributed by atoms with Crippen LogP contribution in [-0.4, -0.2) is 17.7 Å². The van der Waals surface area contributed by atoms with E-state index in [4.69, 9.17) is 9.84 Å². The molecule has 1 aromatic rings. The van der Waals surface area contributed by atoms with Gasteiger partial charge >= 0.3 is 5.97 Å². The number of ether oxygens (including phenoxy) is 1. The average molecular weight is 250 g/mol. The first-order valence-electron chi connectivity index (χ1n) is 6.45. The molecule has 0 aromatic heterocycles. The molecule has 0 heterocycles. The number of carboxylic acids is 1. The zero-order valence-corrected chi connectivity index (χ0v) is 11.6. The zero-order valence-electron chi connectivity index (χ0n) is 11.6. The minimum atomic E-state index is -0.741. The van der Waals surface area contributed by atoms with Gasteiger partial charge in [0.1, 0.15) is 5.75 Å². The van der Waals surface area contributed by atoms with Crippen molar-refractivity contribution >= 4 is 5.97 Å². The monoisotopic (exact) mass is 250 g/mol. The van der Waals surface area contributed by atoms with E-state index in [0.717, 1.165) is 28.9 Å². The van der Waals surface area contributed by atoms with Gasteiger partial charge in [-0.3, -0.25) is 4.79 Å². The van der Waals surface area contributed by atoms with Crippen LogP contribution in [0.1, 0.15) is 49.3 Å². The normalized spacial score (nSPS) is 12.2. The number of rotatable bonds is 6. The summed E-state index contributed by atoms with van der Waals surface area (Å²) in [6.07, 6.45) is 1.02. The second-order valence-corrected chi connectivity index (χ2v) is 4.61. The highest BCUT2D eigenvalue weighted by molar-refractivity contribution is 5.68. The Bertz CT molecular complexity index is 401. The van der Waals surface area contributed by atoms with Crippen LogP contribution in [0.4, 0.5) is 0 Å². The summed E-state index contributed by atoms with van der Waals surface area (Å²) in [6, 6.07) is 3.99. The highest BCUT2D eigenvalue weighted by atomic mass is 16.5. The molecule has 1 aromatic carbocycles. The molecule has 0 aliphatic carbocycles. The fourth-order valence-electron chi connectivity index (χ4n) is 2.49. The van der Waals surface area contributed by atoms with Crippen molar-refractivity contribution in [2.45, 2.75) is 46.5 Å². The van der Waals surface area contributed by atoms with E-state index in [1.54, 1.807) is 0 Å². The second kappa shape index (κ2) is 6.43. The molecule has 0 bridgehead atoms. The average Bonchev–Trinajstić information content (AvgIpc) is 2.26. The van der Waals surface area contributed by atoms with Gasteiger partial charge in [-0.1, -0.05) is 6.92 Å². The maximum absolute atomic E-state index is 10.9. The summed E-state index contributed by atoms with van der Waals surface area (Å²) < 4.78 is 5.50. The quantitative estimate of drug-likeness (QED) is 0.838. The first-order valence-corrected chi connectivity index (χ1v) is 6.45. The molecular formula is C15H22O3. The van der Waals surface area contributed by atoms with Crippen LogP contribution in [0.3, 0.4) is 0 Å². The Morgan fingerprint density at radius 1 is 1.28 bits per heavy atom. The third-order valence-corrected chi connectivity index (χ3v) is 3.20. The van der Waals surface area contributed by atoms with Crippen molar-refractivity contribution in [3.63, 3.8) is 0 Å². The molecule has 1 rings (SSSR count). The summed E-state index contributed by atoms with van der Waals surface area (Å²) >= 11 is 0. The van der Waals surface area contributed by atoms with E-state index in [1.807, 2.05) is 39.8 Å². The van der Waals surface area contributed by atoms with Gasteiger partial charge in [0.25, 0.3) is 0 Å². The number of hydrogen-bond donors (Lipinski definition) is 1. The molecule has 0 saturated carbocycles. The standard InChI is InChI=1S/C15H22O3/c1-5-12(9-14(16)17)15-10(3)7-13(18-6-2)8-11(15)4/h7-8,12H,5-6,9H2,1-4H3,(H,16,17). The predicted octanol–water partition coefficient (Wildman–Crippen LogP) is 3.67. The maximum atomic E-state index is 10.9. The van der Waals surface area contributed by atoms with E-state index in [-0.39, 0.29) is 12.3 Å². The fraction of sp³-hybridized carbons (Fsp3) is 0.533. The number of benzene rings is 1. The molecule has 0 spiro atoms. The molecule has 100 valence electrons. The van der Waals surface area contributed by atoms with E-state index in [2.05, 4.69) is 0 Å². The lowest BCUT2D eigenvalue weighted by Crippen LogP contribution is -2.09. The van der Waals surface area contributed by atoms with Gasteiger partial charge in [-0.25, -0.2) is 0 Å². The third kappa shape index (κ3) is 3.49. The lowest BCUT2D eigenvalue weighted by molar-refractivity contribution is -0.137. The van der Waals surface area contributed by atoms with Crippen LogP contribution >= 0.6 is 0 Å². The topological polar surface area (TPSA) is 46.5 Å². The summed E-state index contributed by atoms with van der Waals surface area (Å²) in [5, 5.41) is 8.97. The highest BCUT2D eigenvalue weighted by Gasteiger charge is 2.18. The van der Waals surface area contributed by atoms with Gasteiger partial charge in [0.05, 0.1) is 13.0 Å². The minimum absolute atomic E-state index is 0.0816. The summed E-state index contributed by atoms with van der Waals surface area (Å²) in [7, 11) is 0. The molecule has 1 N–H and O–H groups in total. The minimum Gasteiger partial charge on any atom is -0.494 e. The van der Waals surface area contributed by atoms with Crippen molar-refractivity contribution in [3.8, 4) is 5.75 Å². The van der Waals surface area contributed by atoms with E-state index >= 15 is 0 Å². The molecule has 0 fully saturated rings. The van der Waals surface area contributed by atoms with Gasteiger partial charge in [0, 0.05) is 0 Å². The van der Waals surface area contributed by atoms with Gasteiger partial charge in [-0.2, -0.15) is 0 Å².